The van der Waals surface area contributed by atoms with Crippen molar-refractivity contribution in [3.05, 3.63) is 0 Å². The fourth-order valence-electron chi connectivity index (χ4n) is 2.96. The van der Waals surface area contributed by atoms with E-state index < -0.39 is 0 Å². The number of ether oxygens (including phenoxy) is 2. The number of piperidine rings is 1. The number of hydrogen-bond acceptors (Lipinski definition) is 5. The Kier molecular flexibility index (Phi) is 9.47. The molecular weight excluding hydrogens is 322 g/mol. The first-order valence-electron chi connectivity index (χ1n) is 8.15. The second kappa shape index (κ2) is 10.8. The first-order chi connectivity index (χ1) is 10.7. The molecule has 1 N–H and O–H groups in total. The Morgan fingerprint density at radius 1 is 1.30 bits per heavy atom. The molecule has 2 aliphatic rings. The van der Waals surface area contributed by atoms with Gasteiger partial charge in [-0.25, -0.2) is 0 Å². The number of nitrogens with zero attached hydrogens (tertiary/aromatic N) is 2. The van der Waals surface area contributed by atoms with Crippen LogP contribution >= 0.6 is 12.4 Å². The minimum Gasteiger partial charge on any atom is -0.379 e. The molecule has 2 rings (SSSR count). The number of amides is 2. The van der Waals surface area contributed by atoms with Crippen LogP contribution in [0.4, 0.5) is 0 Å². The van der Waals surface area contributed by atoms with Gasteiger partial charge in [-0.3, -0.25) is 9.59 Å². The topological polar surface area (TPSA) is 71.1 Å². The van der Waals surface area contributed by atoms with Crippen LogP contribution in [0.3, 0.4) is 0 Å². The number of carbonyl (C=O) groups is 2. The first-order valence-corrected chi connectivity index (χ1v) is 8.15. The van der Waals surface area contributed by atoms with E-state index in [-0.39, 0.29) is 36.9 Å². The van der Waals surface area contributed by atoms with Crippen LogP contribution in [0.15, 0.2) is 0 Å². The third-order valence-electron chi connectivity index (χ3n) is 4.12. The number of likely N-dealkylation sites (tertiary alicyclic amines) is 1. The Bertz CT molecular complexity index is 384. The van der Waals surface area contributed by atoms with Crippen molar-refractivity contribution in [3.8, 4) is 0 Å². The van der Waals surface area contributed by atoms with E-state index in [9.17, 15) is 9.59 Å². The lowest BCUT2D eigenvalue weighted by Gasteiger charge is -2.41. The summed E-state index contributed by atoms with van der Waals surface area (Å²) in [4.78, 5) is 27.9. The van der Waals surface area contributed by atoms with Crippen LogP contribution in [-0.2, 0) is 19.1 Å². The summed E-state index contributed by atoms with van der Waals surface area (Å²) in [6, 6.07) is 0.149. The Morgan fingerprint density at radius 2 is 2.09 bits per heavy atom. The predicted octanol–water partition coefficient (Wildman–Crippen LogP) is -0.116. The van der Waals surface area contributed by atoms with Crippen LogP contribution in [-0.4, -0.2) is 86.8 Å². The summed E-state index contributed by atoms with van der Waals surface area (Å²) in [5, 5.41) is 3.08. The van der Waals surface area contributed by atoms with Gasteiger partial charge in [0.05, 0.1) is 19.8 Å². The zero-order valence-corrected chi connectivity index (χ0v) is 14.6. The lowest BCUT2D eigenvalue weighted by Crippen LogP contribution is -2.57. The second-order valence-corrected chi connectivity index (χ2v) is 5.65. The van der Waals surface area contributed by atoms with Gasteiger partial charge in [-0.15, -0.1) is 12.4 Å². The first kappa shape index (κ1) is 20.2. The van der Waals surface area contributed by atoms with E-state index in [2.05, 4.69) is 5.32 Å². The molecule has 0 radical (unpaired) electrons. The number of hydrogen-bond donors (Lipinski definition) is 1. The van der Waals surface area contributed by atoms with Crippen molar-refractivity contribution in [3.63, 3.8) is 0 Å². The standard InChI is InChI=1S/C15H27N3O4.ClH/c1-2-21-8-9-22-12-15(20)17-6-3-4-13(11-17)18-7-5-16-10-14(18)19;/h13,16H,2-12H2,1H3;1H. The van der Waals surface area contributed by atoms with Gasteiger partial charge in [-0.05, 0) is 19.8 Å². The molecule has 0 saturated carbocycles. The van der Waals surface area contributed by atoms with Crippen molar-refractivity contribution in [2.24, 2.45) is 0 Å². The third-order valence-corrected chi connectivity index (χ3v) is 4.12. The maximum atomic E-state index is 12.2. The molecule has 2 aliphatic heterocycles. The minimum atomic E-state index is 0. The molecule has 2 fully saturated rings. The van der Waals surface area contributed by atoms with Crippen molar-refractivity contribution >= 4 is 24.2 Å². The fourth-order valence-corrected chi connectivity index (χ4v) is 2.96. The molecule has 7 nitrogen and oxygen atoms in total. The smallest absolute Gasteiger partial charge is 0.248 e. The highest BCUT2D eigenvalue weighted by molar-refractivity contribution is 5.85. The lowest BCUT2D eigenvalue weighted by molar-refractivity contribution is -0.143. The van der Waals surface area contributed by atoms with Gasteiger partial charge >= 0.3 is 0 Å². The zero-order chi connectivity index (χ0) is 15.8. The van der Waals surface area contributed by atoms with Crippen LogP contribution in [0.1, 0.15) is 19.8 Å². The Balaban J connectivity index is 0.00000264. The average molecular weight is 350 g/mol. The van der Waals surface area contributed by atoms with E-state index in [1.54, 1.807) is 0 Å². The van der Waals surface area contributed by atoms with E-state index in [0.29, 0.717) is 32.9 Å². The second-order valence-electron chi connectivity index (χ2n) is 5.65. The summed E-state index contributed by atoms with van der Waals surface area (Å²) < 4.78 is 10.5. The van der Waals surface area contributed by atoms with Gasteiger partial charge in [0.2, 0.25) is 11.8 Å². The summed E-state index contributed by atoms with van der Waals surface area (Å²) in [5.74, 6) is 0.141. The van der Waals surface area contributed by atoms with Crippen molar-refractivity contribution in [1.29, 1.82) is 0 Å². The van der Waals surface area contributed by atoms with Crippen LogP contribution in [0.25, 0.3) is 0 Å². The molecule has 2 amide bonds. The van der Waals surface area contributed by atoms with Crippen molar-refractivity contribution in [1.82, 2.24) is 15.1 Å². The Morgan fingerprint density at radius 3 is 2.83 bits per heavy atom. The number of piperazine rings is 1. The Labute approximate surface area is 144 Å². The van der Waals surface area contributed by atoms with Gasteiger partial charge in [-0.1, -0.05) is 0 Å². The lowest BCUT2D eigenvalue weighted by atomic mass is 10.0. The van der Waals surface area contributed by atoms with Crippen molar-refractivity contribution in [2.75, 3.05) is 59.2 Å². The van der Waals surface area contributed by atoms with Gasteiger partial charge in [0.25, 0.3) is 0 Å². The average Bonchev–Trinajstić information content (AvgIpc) is 2.55. The number of rotatable bonds is 7. The molecule has 0 aliphatic carbocycles. The predicted molar refractivity (Wildman–Crippen MR) is 88.7 cm³/mol. The van der Waals surface area contributed by atoms with E-state index in [1.165, 1.54) is 0 Å². The quantitative estimate of drug-likeness (QED) is 0.649. The molecule has 8 heteroatoms. The molecule has 0 aromatic heterocycles. The van der Waals surface area contributed by atoms with Gasteiger partial charge in [0.15, 0.2) is 0 Å². The molecule has 2 saturated heterocycles. The fraction of sp³-hybridized carbons (Fsp3) is 0.867. The molecule has 1 unspecified atom stereocenters. The third kappa shape index (κ3) is 6.25. The SMILES string of the molecule is CCOCCOCC(=O)N1CCCC(N2CCNCC2=O)C1.Cl. The number of nitrogens with one attached hydrogen (secondary N) is 1. The summed E-state index contributed by atoms with van der Waals surface area (Å²) >= 11 is 0. The highest BCUT2D eigenvalue weighted by Crippen LogP contribution is 2.17. The summed E-state index contributed by atoms with van der Waals surface area (Å²) in [7, 11) is 0. The maximum absolute atomic E-state index is 12.2. The molecule has 1 atom stereocenters. The summed E-state index contributed by atoms with van der Waals surface area (Å²) in [6.45, 7) is 6.98. The molecule has 0 aromatic carbocycles. The summed E-state index contributed by atoms with van der Waals surface area (Å²) in [6.07, 6.45) is 1.91. The van der Waals surface area contributed by atoms with E-state index in [4.69, 9.17) is 9.47 Å². The van der Waals surface area contributed by atoms with Crippen LogP contribution in [0.5, 0.6) is 0 Å². The molecule has 0 spiro atoms. The minimum absolute atomic E-state index is 0. The molecular formula is C15H28ClN3O4. The van der Waals surface area contributed by atoms with Gasteiger partial charge < -0.3 is 24.6 Å². The van der Waals surface area contributed by atoms with Crippen molar-refractivity contribution in [2.45, 2.75) is 25.8 Å². The maximum Gasteiger partial charge on any atom is 0.248 e. The zero-order valence-electron chi connectivity index (χ0n) is 13.8. The molecule has 23 heavy (non-hydrogen) atoms. The van der Waals surface area contributed by atoms with E-state index in [0.717, 1.165) is 32.5 Å². The van der Waals surface area contributed by atoms with E-state index >= 15 is 0 Å². The monoisotopic (exact) mass is 349 g/mol. The normalized spacial score (nSPS) is 22.0. The van der Waals surface area contributed by atoms with E-state index in [1.807, 2.05) is 16.7 Å². The van der Waals surface area contributed by atoms with Crippen LogP contribution in [0, 0.1) is 0 Å². The Hall–Kier alpha value is -0.890. The molecule has 2 heterocycles. The largest absolute Gasteiger partial charge is 0.379 e. The molecule has 0 bridgehead atoms. The highest BCUT2D eigenvalue weighted by atomic mass is 35.5. The number of halogens is 1. The molecule has 0 aromatic rings. The van der Waals surface area contributed by atoms with Gasteiger partial charge in [0.1, 0.15) is 6.61 Å². The summed E-state index contributed by atoms with van der Waals surface area (Å²) in [5.41, 5.74) is 0. The number of carbonyl (C=O) groups excluding carboxylic acids is 2. The molecule has 134 valence electrons. The van der Waals surface area contributed by atoms with Crippen molar-refractivity contribution < 1.29 is 19.1 Å². The van der Waals surface area contributed by atoms with Crippen LogP contribution in [0.2, 0.25) is 0 Å². The highest BCUT2D eigenvalue weighted by Gasteiger charge is 2.31. The van der Waals surface area contributed by atoms with Gasteiger partial charge in [-0.2, -0.15) is 0 Å². The van der Waals surface area contributed by atoms with Gasteiger partial charge in [0, 0.05) is 38.8 Å². The van der Waals surface area contributed by atoms with Crippen LogP contribution < -0.4 is 5.32 Å².